The Balaban J connectivity index is 2.82. The number of rotatable bonds is 3. The van der Waals surface area contributed by atoms with E-state index in [-0.39, 0.29) is 11.4 Å². The summed E-state index contributed by atoms with van der Waals surface area (Å²) in [4.78, 5) is 11.5. The number of hydrogen-bond acceptors (Lipinski definition) is 3. The normalized spacial score (nSPS) is 11.5. The molecular weight excluding hydrogens is 192 g/mol. The van der Waals surface area contributed by atoms with E-state index in [0.717, 1.165) is 6.42 Å². The Labute approximate surface area is 90.4 Å². The number of hydrogen-bond donors (Lipinski definition) is 0. The third kappa shape index (κ3) is 3.42. The molecule has 1 aromatic rings. The Kier molecular flexibility index (Phi) is 3.56. The van der Waals surface area contributed by atoms with Gasteiger partial charge in [0.1, 0.15) is 11.3 Å². The van der Waals surface area contributed by atoms with Crippen LogP contribution in [0.5, 0.6) is 0 Å². The Hall–Kier alpha value is -1.25. The van der Waals surface area contributed by atoms with E-state index in [4.69, 9.17) is 9.15 Å². The molecule has 0 amide bonds. The van der Waals surface area contributed by atoms with Crippen LogP contribution in [0.25, 0.3) is 0 Å². The molecule has 0 fully saturated rings. The lowest BCUT2D eigenvalue weighted by molar-refractivity contribution is 0.0523. The molecule has 0 aliphatic heterocycles. The Morgan fingerprint density at radius 1 is 1.47 bits per heavy atom. The summed E-state index contributed by atoms with van der Waals surface area (Å²) in [5.74, 6) is 0.409. The minimum Gasteiger partial charge on any atom is -0.468 e. The molecule has 3 nitrogen and oxygen atoms in total. The third-order valence-corrected chi connectivity index (χ3v) is 1.93. The summed E-state index contributed by atoms with van der Waals surface area (Å²) >= 11 is 0. The second kappa shape index (κ2) is 4.51. The lowest BCUT2D eigenvalue weighted by atomic mass is 9.90. The molecule has 0 radical (unpaired) electrons. The van der Waals surface area contributed by atoms with Gasteiger partial charge in [-0.25, -0.2) is 4.79 Å². The molecule has 0 aromatic carbocycles. The molecule has 0 saturated heterocycles. The molecule has 3 heteroatoms. The number of carbonyl (C=O) groups is 1. The van der Waals surface area contributed by atoms with Gasteiger partial charge in [0.15, 0.2) is 0 Å². The molecule has 15 heavy (non-hydrogen) atoms. The van der Waals surface area contributed by atoms with Crippen molar-refractivity contribution in [2.24, 2.45) is 5.41 Å². The van der Waals surface area contributed by atoms with Gasteiger partial charge in [-0.15, -0.1) is 0 Å². The van der Waals surface area contributed by atoms with Crippen molar-refractivity contribution in [2.45, 2.75) is 34.1 Å². The zero-order valence-corrected chi connectivity index (χ0v) is 9.79. The van der Waals surface area contributed by atoms with Gasteiger partial charge in [-0.05, 0) is 18.4 Å². The molecular formula is C12H18O3. The van der Waals surface area contributed by atoms with Crippen LogP contribution >= 0.6 is 0 Å². The van der Waals surface area contributed by atoms with Gasteiger partial charge in [0.2, 0.25) is 0 Å². The smallest absolute Gasteiger partial charge is 0.341 e. The van der Waals surface area contributed by atoms with Crippen LogP contribution in [0.15, 0.2) is 16.7 Å². The van der Waals surface area contributed by atoms with E-state index in [2.05, 4.69) is 20.8 Å². The van der Waals surface area contributed by atoms with Gasteiger partial charge in [0, 0.05) is 6.42 Å². The first-order valence-corrected chi connectivity index (χ1v) is 5.17. The summed E-state index contributed by atoms with van der Waals surface area (Å²) in [6.07, 6.45) is 2.27. The van der Waals surface area contributed by atoms with Gasteiger partial charge in [-0.3, -0.25) is 0 Å². The molecule has 0 unspecified atom stereocenters. The molecule has 0 atom stereocenters. The summed E-state index contributed by atoms with van der Waals surface area (Å²) < 4.78 is 10.2. The third-order valence-electron chi connectivity index (χ3n) is 1.93. The Morgan fingerprint density at radius 2 is 2.13 bits per heavy atom. The van der Waals surface area contributed by atoms with E-state index in [9.17, 15) is 4.79 Å². The van der Waals surface area contributed by atoms with Gasteiger partial charge < -0.3 is 9.15 Å². The van der Waals surface area contributed by atoms with E-state index >= 15 is 0 Å². The van der Waals surface area contributed by atoms with Crippen molar-refractivity contribution in [1.29, 1.82) is 0 Å². The van der Waals surface area contributed by atoms with Crippen molar-refractivity contribution >= 4 is 5.97 Å². The number of ether oxygens (including phenoxy) is 1. The first-order chi connectivity index (χ1) is 6.94. The van der Waals surface area contributed by atoms with Crippen LogP contribution in [0.1, 0.15) is 43.8 Å². The lowest BCUT2D eigenvalue weighted by Crippen LogP contribution is -2.13. The van der Waals surface area contributed by atoms with Gasteiger partial charge in [-0.1, -0.05) is 20.8 Å². The highest BCUT2D eigenvalue weighted by atomic mass is 16.5. The second-order valence-electron chi connectivity index (χ2n) is 4.72. The highest BCUT2D eigenvalue weighted by Crippen LogP contribution is 2.24. The first kappa shape index (κ1) is 11.8. The SMILES string of the molecule is CCOC(=O)c1ccoc1CC(C)(C)C. The fourth-order valence-corrected chi connectivity index (χ4v) is 1.35. The van der Waals surface area contributed by atoms with Crippen LogP contribution in [0.4, 0.5) is 0 Å². The van der Waals surface area contributed by atoms with E-state index in [1.165, 1.54) is 6.26 Å². The maximum Gasteiger partial charge on any atom is 0.341 e. The molecule has 0 bridgehead atoms. The molecule has 0 aliphatic carbocycles. The summed E-state index contributed by atoms with van der Waals surface area (Å²) in [7, 11) is 0. The zero-order chi connectivity index (χ0) is 11.5. The number of esters is 1. The summed E-state index contributed by atoms with van der Waals surface area (Å²) in [6.45, 7) is 8.49. The van der Waals surface area contributed by atoms with Crippen molar-refractivity contribution < 1.29 is 13.9 Å². The maximum absolute atomic E-state index is 11.5. The van der Waals surface area contributed by atoms with Crippen molar-refractivity contribution in [1.82, 2.24) is 0 Å². The van der Waals surface area contributed by atoms with Crippen LogP contribution < -0.4 is 0 Å². The predicted octanol–water partition coefficient (Wildman–Crippen LogP) is 3.04. The minimum atomic E-state index is -0.300. The van der Waals surface area contributed by atoms with Crippen LogP contribution in [-0.4, -0.2) is 12.6 Å². The second-order valence-corrected chi connectivity index (χ2v) is 4.72. The van der Waals surface area contributed by atoms with Crippen molar-refractivity contribution in [3.8, 4) is 0 Å². The van der Waals surface area contributed by atoms with Gasteiger partial charge in [0.25, 0.3) is 0 Å². The van der Waals surface area contributed by atoms with Crippen molar-refractivity contribution in [3.63, 3.8) is 0 Å². The van der Waals surface area contributed by atoms with E-state index < -0.39 is 0 Å². The average Bonchev–Trinajstić information content (AvgIpc) is 2.49. The van der Waals surface area contributed by atoms with E-state index in [1.807, 2.05) is 0 Å². The van der Waals surface area contributed by atoms with Crippen molar-refractivity contribution in [2.75, 3.05) is 6.61 Å². The van der Waals surface area contributed by atoms with E-state index in [1.54, 1.807) is 13.0 Å². The fraction of sp³-hybridized carbons (Fsp3) is 0.583. The summed E-state index contributed by atoms with van der Waals surface area (Å²) in [6, 6.07) is 1.67. The molecule has 1 rings (SSSR count). The summed E-state index contributed by atoms with van der Waals surface area (Å²) in [5.41, 5.74) is 0.644. The highest BCUT2D eigenvalue weighted by molar-refractivity contribution is 5.90. The highest BCUT2D eigenvalue weighted by Gasteiger charge is 2.21. The Bertz CT molecular complexity index is 331. The van der Waals surface area contributed by atoms with Gasteiger partial charge >= 0.3 is 5.97 Å². The Morgan fingerprint density at radius 3 is 2.67 bits per heavy atom. The van der Waals surface area contributed by atoms with Crippen LogP contribution in [0.2, 0.25) is 0 Å². The molecule has 1 aromatic heterocycles. The van der Waals surface area contributed by atoms with Crippen LogP contribution in [-0.2, 0) is 11.2 Å². The monoisotopic (exact) mass is 210 g/mol. The van der Waals surface area contributed by atoms with Crippen LogP contribution in [0, 0.1) is 5.41 Å². The maximum atomic E-state index is 11.5. The molecule has 0 N–H and O–H groups in total. The predicted molar refractivity (Wildman–Crippen MR) is 57.8 cm³/mol. The number of furan rings is 1. The molecule has 0 saturated carbocycles. The standard InChI is InChI=1S/C12H18O3/c1-5-14-11(13)9-6-7-15-10(9)8-12(2,3)4/h6-7H,5,8H2,1-4H3. The van der Waals surface area contributed by atoms with Gasteiger partial charge in [0.05, 0.1) is 12.9 Å². The molecule has 0 spiro atoms. The largest absolute Gasteiger partial charge is 0.468 e. The molecule has 0 aliphatic rings. The fourth-order valence-electron chi connectivity index (χ4n) is 1.35. The molecule has 84 valence electrons. The minimum absolute atomic E-state index is 0.0963. The van der Waals surface area contributed by atoms with Gasteiger partial charge in [-0.2, -0.15) is 0 Å². The average molecular weight is 210 g/mol. The zero-order valence-electron chi connectivity index (χ0n) is 9.79. The van der Waals surface area contributed by atoms with Crippen molar-refractivity contribution in [3.05, 3.63) is 23.7 Å². The topological polar surface area (TPSA) is 39.4 Å². The quantitative estimate of drug-likeness (QED) is 0.720. The van der Waals surface area contributed by atoms with E-state index in [0.29, 0.717) is 17.9 Å². The molecule has 1 heterocycles. The summed E-state index contributed by atoms with van der Waals surface area (Å²) in [5, 5.41) is 0. The number of carbonyl (C=O) groups excluding carboxylic acids is 1. The van der Waals surface area contributed by atoms with Crippen LogP contribution in [0.3, 0.4) is 0 Å². The first-order valence-electron chi connectivity index (χ1n) is 5.17. The lowest BCUT2D eigenvalue weighted by Gasteiger charge is -2.16.